The summed E-state index contributed by atoms with van der Waals surface area (Å²) in [5.41, 5.74) is 1.03. The molecule has 0 bridgehead atoms. The SMILES string of the molecule is Cc1ccc(F)c(NC(C)c2cc3ccccc3o2)c1F. The lowest BCUT2D eigenvalue weighted by Gasteiger charge is -2.15. The Kier molecular flexibility index (Phi) is 3.37. The number of para-hydroxylation sites is 1. The number of nitrogens with one attached hydrogen (secondary N) is 1. The Bertz CT molecular complexity index is 762. The van der Waals surface area contributed by atoms with E-state index < -0.39 is 11.6 Å². The molecule has 0 saturated heterocycles. The van der Waals surface area contributed by atoms with E-state index in [0.29, 0.717) is 11.3 Å². The summed E-state index contributed by atoms with van der Waals surface area (Å²) in [6.45, 7) is 3.41. The second-order valence-electron chi connectivity index (χ2n) is 5.11. The van der Waals surface area contributed by atoms with Crippen LogP contribution in [0.4, 0.5) is 14.5 Å². The summed E-state index contributed by atoms with van der Waals surface area (Å²) in [6, 6.07) is 11.8. The van der Waals surface area contributed by atoms with E-state index in [-0.39, 0.29) is 11.7 Å². The van der Waals surface area contributed by atoms with Crippen LogP contribution in [0.3, 0.4) is 0 Å². The largest absolute Gasteiger partial charge is 0.459 e. The van der Waals surface area contributed by atoms with Crippen LogP contribution in [0.25, 0.3) is 11.0 Å². The number of rotatable bonds is 3. The van der Waals surface area contributed by atoms with Crippen molar-refractivity contribution in [3.63, 3.8) is 0 Å². The van der Waals surface area contributed by atoms with E-state index >= 15 is 0 Å². The molecule has 3 aromatic rings. The second kappa shape index (κ2) is 5.20. The molecule has 108 valence electrons. The van der Waals surface area contributed by atoms with Gasteiger partial charge in [0.1, 0.15) is 22.8 Å². The summed E-state index contributed by atoms with van der Waals surface area (Å²) in [4.78, 5) is 0. The van der Waals surface area contributed by atoms with Crippen LogP contribution in [0, 0.1) is 18.6 Å². The van der Waals surface area contributed by atoms with Gasteiger partial charge in [-0.1, -0.05) is 24.3 Å². The molecule has 0 aliphatic heterocycles. The number of benzene rings is 2. The molecule has 3 rings (SSSR count). The van der Waals surface area contributed by atoms with Crippen molar-refractivity contribution in [1.29, 1.82) is 0 Å². The van der Waals surface area contributed by atoms with Crippen molar-refractivity contribution in [2.75, 3.05) is 5.32 Å². The molecule has 1 heterocycles. The van der Waals surface area contributed by atoms with Crippen molar-refractivity contribution >= 4 is 16.7 Å². The molecule has 0 amide bonds. The number of halogens is 2. The summed E-state index contributed by atoms with van der Waals surface area (Å²) in [7, 11) is 0. The van der Waals surface area contributed by atoms with Crippen molar-refractivity contribution in [1.82, 2.24) is 0 Å². The average Bonchev–Trinajstić information content (AvgIpc) is 2.91. The first kappa shape index (κ1) is 13.6. The van der Waals surface area contributed by atoms with Gasteiger partial charge in [-0.25, -0.2) is 8.78 Å². The standard InChI is InChI=1S/C17H15F2NO/c1-10-7-8-13(18)17(16(10)19)20-11(2)15-9-12-5-3-4-6-14(12)21-15/h3-9,11,20H,1-2H3. The van der Waals surface area contributed by atoms with Crippen LogP contribution in [0.5, 0.6) is 0 Å². The van der Waals surface area contributed by atoms with Gasteiger partial charge in [0.2, 0.25) is 0 Å². The van der Waals surface area contributed by atoms with Crippen molar-refractivity contribution in [2.45, 2.75) is 19.9 Å². The van der Waals surface area contributed by atoms with Crippen molar-refractivity contribution < 1.29 is 13.2 Å². The number of furan rings is 1. The Balaban J connectivity index is 1.93. The zero-order valence-corrected chi connectivity index (χ0v) is 11.8. The van der Waals surface area contributed by atoms with Gasteiger partial charge in [0.05, 0.1) is 6.04 Å². The first-order valence-corrected chi connectivity index (χ1v) is 6.76. The molecule has 0 radical (unpaired) electrons. The van der Waals surface area contributed by atoms with E-state index in [1.54, 1.807) is 13.8 Å². The first-order chi connectivity index (χ1) is 10.1. The molecule has 1 unspecified atom stereocenters. The highest BCUT2D eigenvalue weighted by Gasteiger charge is 2.17. The number of aryl methyl sites for hydroxylation is 1. The molecule has 1 aromatic heterocycles. The minimum Gasteiger partial charge on any atom is -0.459 e. The van der Waals surface area contributed by atoms with Gasteiger partial charge in [0, 0.05) is 5.39 Å². The van der Waals surface area contributed by atoms with Gasteiger partial charge in [0.15, 0.2) is 5.82 Å². The third-order valence-electron chi connectivity index (χ3n) is 3.52. The van der Waals surface area contributed by atoms with Gasteiger partial charge in [-0.2, -0.15) is 0 Å². The first-order valence-electron chi connectivity index (χ1n) is 6.76. The number of hydrogen-bond donors (Lipinski definition) is 1. The molecule has 0 fully saturated rings. The molecule has 2 nitrogen and oxygen atoms in total. The number of anilines is 1. The Morgan fingerprint density at radius 3 is 2.62 bits per heavy atom. The minimum absolute atomic E-state index is 0.122. The number of fused-ring (bicyclic) bond motifs is 1. The van der Waals surface area contributed by atoms with Gasteiger partial charge >= 0.3 is 0 Å². The van der Waals surface area contributed by atoms with E-state index in [1.165, 1.54) is 12.1 Å². The quantitative estimate of drug-likeness (QED) is 0.717. The topological polar surface area (TPSA) is 25.2 Å². The highest BCUT2D eigenvalue weighted by molar-refractivity contribution is 5.77. The van der Waals surface area contributed by atoms with Gasteiger partial charge < -0.3 is 9.73 Å². The third-order valence-corrected chi connectivity index (χ3v) is 3.52. The van der Waals surface area contributed by atoms with Crippen LogP contribution in [-0.2, 0) is 0 Å². The number of hydrogen-bond acceptors (Lipinski definition) is 2. The summed E-state index contributed by atoms with van der Waals surface area (Å²) >= 11 is 0. The zero-order valence-electron chi connectivity index (χ0n) is 11.8. The van der Waals surface area contributed by atoms with Gasteiger partial charge in [-0.3, -0.25) is 0 Å². The third kappa shape index (κ3) is 2.49. The lowest BCUT2D eigenvalue weighted by molar-refractivity contribution is 0.519. The minimum atomic E-state index is -0.610. The van der Waals surface area contributed by atoms with Gasteiger partial charge in [0.25, 0.3) is 0 Å². The fourth-order valence-electron chi connectivity index (χ4n) is 2.29. The summed E-state index contributed by atoms with van der Waals surface area (Å²) in [5, 5.41) is 3.82. The molecule has 4 heteroatoms. The Morgan fingerprint density at radius 1 is 1.10 bits per heavy atom. The van der Waals surface area contributed by atoms with E-state index in [4.69, 9.17) is 4.42 Å². The fourth-order valence-corrected chi connectivity index (χ4v) is 2.29. The van der Waals surface area contributed by atoms with E-state index in [2.05, 4.69) is 5.32 Å². The molecule has 0 aliphatic rings. The highest BCUT2D eigenvalue weighted by atomic mass is 19.1. The normalized spacial score (nSPS) is 12.6. The van der Waals surface area contributed by atoms with Crippen LogP contribution in [0.1, 0.15) is 24.3 Å². The Hall–Kier alpha value is -2.36. The summed E-state index contributed by atoms with van der Waals surface area (Å²) in [5.74, 6) is -0.546. The Morgan fingerprint density at radius 2 is 1.86 bits per heavy atom. The van der Waals surface area contributed by atoms with Crippen LogP contribution in [0.2, 0.25) is 0 Å². The molecule has 0 saturated carbocycles. The maximum absolute atomic E-state index is 14.0. The average molecular weight is 287 g/mol. The fraction of sp³-hybridized carbons (Fsp3) is 0.176. The van der Waals surface area contributed by atoms with Crippen molar-refractivity contribution in [3.8, 4) is 0 Å². The lowest BCUT2D eigenvalue weighted by atomic mass is 10.1. The van der Waals surface area contributed by atoms with Crippen molar-refractivity contribution in [3.05, 3.63) is 65.4 Å². The smallest absolute Gasteiger partial charge is 0.152 e. The van der Waals surface area contributed by atoms with E-state index in [1.807, 2.05) is 30.3 Å². The van der Waals surface area contributed by atoms with E-state index in [0.717, 1.165) is 11.0 Å². The molecule has 0 spiro atoms. The maximum atomic E-state index is 14.0. The van der Waals surface area contributed by atoms with Crippen LogP contribution in [0.15, 0.2) is 46.9 Å². The highest BCUT2D eigenvalue weighted by Crippen LogP contribution is 2.29. The molecular weight excluding hydrogens is 272 g/mol. The maximum Gasteiger partial charge on any atom is 0.152 e. The lowest BCUT2D eigenvalue weighted by Crippen LogP contribution is -2.09. The molecular formula is C17H15F2NO. The predicted octanol–water partition coefficient (Wildman–Crippen LogP) is 5.19. The van der Waals surface area contributed by atoms with Crippen LogP contribution >= 0.6 is 0 Å². The second-order valence-corrected chi connectivity index (χ2v) is 5.11. The van der Waals surface area contributed by atoms with E-state index in [9.17, 15) is 8.78 Å². The van der Waals surface area contributed by atoms with Gasteiger partial charge in [-0.05, 0) is 37.6 Å². The summed E-state index contributed by atoms with van der Waals surface area (Å²) < 4.78 is 33.5. The predicted molar refractivity (Wildman–Crippen MR) is 79.3 cm³/mol. The molecule has 1 N–H and O–H groups in total. The zero-order chi connectivity index (χ0) is 15.0. The van der Waals surface area contributed by atoms with Gasteiger partial charge in [-0.15, -0.1) is 0 Å². The molecule has 1 atom stereocenters. The van der Waals surface area contributed by atoms with Crippen LogP contribution in [-0.4, -0.2) is 0 Å². The summed E-state index contributed by atoms with van der Waals surface area (Å²) in [6.07, 6.45) is 0. The van der Waals surface area contributed by atoms with Crippen molar-refractivity contribution in [2.24, 2.45) is 0 Å². The monoisotopic (exact) mass is 287 g/mol. The van der Waals surface area contributed by atoms with Crippen LogP contribution < -0.4 is 5.32 Å². The Labute approximate surface area is 121 Å². The molecule has 2 aromatic carbocycles. The molecule has 21 heavy (non-hydrogen) atoms. The molecule has 0 aliphatic carbocycles.